The Kier molecular flexibility index (Phi) is 3.52. The summed E-state index contributed by atoms with van der Waals surface area (Å²) < 4.78 is 6.71. The molecule has 1 aliphatic heterocycles. The molecule has 4 unspecified atom stereocenters. The predicted octanol–water partition coefficient (Wildman–Crippen LogP) is 5.34. The molecule has 6 rings (SSSR count). The molecule has 0 radical (unpaired) electrons. The Balaban J connectivity index is 1.44. The normalized spacial score (nSPS) is 55.4. The highest BCUT2D eigenvalue weighted by atomic mass is 16.5. The van der Waals surface area contributed by atoms with Gasteiger partial charge in [0.2, 0.25) is 0 Å². The van der Waals surface area contributed by atoms with E-state index < -0.39 is 0 Å². The fourth-order valence-corrected chi connectivity index (χ4v) is 9.45. The number of hydrogen-bond acceptors (Lipinski definition) is 2. The molecule has 9 atom stereocenters. The van der Waals surface area contributed by atoms with E-state index >= 15 is 0 Å². The van der Waals surface area contributed by atoms with E-state index in [1.165, 1.54) is 44.1 Å². The molecule has 6 aliphatic rings. The quantitative estimate of drug-likeness (QED) is 0.617. The van der Waals surface area contributed by atoms with Crippen molar-refractivity contribution in [3.05, 3.63) is 24.3 Å². The van der Waals surface area contributed by atoms with Crippen LogP contribution in [0.15, 0.2) is 24.3 Å². The molecule has 0 aromatic rings. The Morgan fingerprint density at radius 3 is 2.93 bits per heavy atom. The molecule has 0 aromatic carbocycles. The zero-order valence-electron chi connectivity index (χ0n) is 16.8. The highest BCUT2D eigenvalue weighted by Crippen LogP contribution is 2.79. The lowest BCUT2D eigenvalue weighted by molar-refractivity contribution is -0.163. The summed E-state index contributed by atoms with van der Waals surface area (Å²) in [4.78, 5) is 12.1. The maximum absolute atomic E-state index is 12.1. The van der Waals surface area contributed by atoms with Crippen molar-refractivity contribution in [2.75, 3.05) is 6.61 Å². The molecule has 1 heterocycles. The average Bonchev–Trinajstić information content (AvgIpc) is 3.26. The van der Waals surface area contributed by atoms with Gasteiger partial charge in [-0.25, -0.2) is 0 Å². The molecule has 0 aromatic heterocycles. The summed E-state index contributed by atoms with van der Waals surface area (Å²) in [6, 6.07) is 0. The van der Waals surface area contributed by atoms with Gasteiger partial charge < -0.3 is 4.74 Å². The highest BCUT2D eigenvalue weighted by molar-refractivity contribution is 5.91. The fraction of sp³-hybridized carbons (Fsp3) is 0.800. The van der Waals surface area contributed by atoms with Crippen LogP contribution in [0.4, 0.5) is 0 Å². The van der Waals surface area contributed by atoms with Gasteiger partial charge in [-0.05, 0) is 98.9 Å². The van der Waals surface area contributed by atoms with Gasteiger partial charge in [0.15, 0.2) is 5.78 Å². The van der Waals surface area contributed by atoms with Crippen LogP contribution < -0.4 is 0 Å². The summed E-state index contributed by atoms with van der Waals surface area (Å²) in [6.07, 6.45) is 15.3. The monoisotopic (exact) mass is 366 g/mol. The second-order valence-electron chi connectivity index (χ2n) is 10.6. The molecular weight excluding hydrogens is 332 g/mol. The van der Waals surface area contributed by atoms with Crippen LogP contribution in [0.3, 0.4) is 0 Å². The Hall–Kier alpha value is -0.890. The van der Waals surface area contributed by atoms with E-state index in [9.17, 15) is 4.79 Å². The van der Waals surface area contributed by atoms with Gasteiger partial charge in [-0.1, -0.05) is 18.6 Å². The van der Waals surface area contributed by atoms with E-state index in [2.05, 4.69) is 19.6 Å². The Labute approximate surface area is 163 Å². The van der Waals surface area contributed by atoms with Crippen LogP contribution in [-0.2, 0) is 9.53 Å². The molecule has 0 N–H and O–H groups in total. The maximum Gasteiger partial charge on any atom is 0.155 e. The van der Waals surface area contributed by atoms with E-state index in [0.29, 0.717) is 23.0 Å². The topological polar surface area (TPSA) is 26.3 Å². The lowest BCUT2D eigenvalue weighted by atomic mass is 9.45. The Bertz CT molecular complexity index is 714. The second-order valence-corrected chi connectivity index (χ2v) is 10.6. The number of allylic oxidation sites excluding steroid dienone is 2. The van der Waals surface area contributed by atoms with E-state index in [1.807, 2.05) is 6.08 Å². The third-order valence-corrected chi connectivity index (χ3v) is 10.2. The van der Waals surface area contributed by atoms with Crippen molar-refractivity contribution in [1.82, 2.24) is 0 Å². The lowest BCUT2D eigenvalue weighted by Crippen LogP contribution is -2.57. The molecule has 0 bridgehead atoms. The van der Waals surface area contributed by atoms with Crippen LogP contribution in [-0.4, -0.2) is 18.0 Å². The number of ketones is 1. The van der Waals surface area contributed by atoms with Crippen molar-refractivity contribution < 1.29 is 9.53 Å². The van der Waals surface area contributed by atoms with Gasteiger partial charge >= 0.3 is 0 Å². The van der Waals surface area contributed by atoms with Crippen LogP contribution in [0, 0.1) is 46.8 Å². The van der Waals surface area contributed by atoms with Gasteiger partial charge in [0.05, 0.1) is 5.60 Å². The zero-order chi connectivity index (χ0) is 18.4. The fourth-order valence-electron chi connectivity index (χ4n) is 9.45. The molecule has 1 saturated heterocycles. The highest BCUT2D eigenvalue weighted by Gasteiger charge is 2.78. The van der Waals surface area contributed by atoms with Gasteiger partial charge in [-0.15, -0.1) is 6.58 Å². The van der Waals surface area contributed by atoms with Crippen molar-refractivity contribution in [2.24, 2.45) is 46.8 Å². The van der Waals surface area contributed by atoms with E-state index in [-0.39, 0.29) is 5.60 Å². The first-order valence-corrected chi connectivity index (χ1v) is 11.6. The summed E-state index contributed by atoms with van der Waals surface area (Å²) in [5.74, 6) is 5.77. The van der Waals surface area contributed by atoms with Crippen LogP contribution in [0.25, 0.3) is 0 Å². The maximum atomic E-state index is 12.1. The van der Waals surface area contributed by atoms with Gasteiger partial charge in [0.25, 0.3) is 0 Å². The Morgan fingerprint density at radius 1 is 1.30 bits per heavy atom. The first kappa shape index (κ1) is 17.0. The number of carbonyl (C=O) groups excluding carboxylic acids is 1. The van der Waals surface area contributed by atoms with Crippen LogP contribution in [0.2, 0.25) is 0 Å². The van der Waals surface area contributed by atoms with Crippen LogP contribution >= 0.6 is 0 Å². The van der Waals surface area contributed by atoms with Crippen molar-refractivity contribution in [1.29, 1.82) is 0 Å². The minimum absolute atomic E-state index is 0.215. The van der Waals surface area contributed by atoms with Crippen molar-refractivity contribution >= 4 is 5.78 Å². The number of rotatable bonds is 2. The molecule has 27 heavy (non-hydrogen) atoms. The molecule has 5 aliphatic carbocycles. The minimum Gasteiger partial charge on any atom is -0.374 e. The minimum atomic E-state index is 0.215. The largest absolute Gasteiger partial charge is 0.374 e. The molecule has 5 fully saturated rings. The smallest absolute Gasteiger partial charge is 0.155 e. The summed E-state index contributed by atoms with van der Waals surface area (Å²) in [7, 11) is 0. The molecule has 2 heteroatoms. The summed E-state index contributed by atoms with van der Waals surface area (Å²) in [5, 5.41) is 0. The van der Waals surface area contributed by atoms with Crippen LogP contribution in [0.5, 0.6) is 0 Å². The average molecular weight is 367 g/mol. The van der Waals surface area contributed by atoms with Gasteiger partial charge in [0.1, 0.15) is 0 Å². The molecule has 146 valence electrons. The zero-order valence-corrected chi connectivity index (χ0v) is 16.8. The van der Waals surface area contributed by atoms with Gasteiger partial charge in [-0.2, -0.15) is 0 Å². The SMILES string of the molecule is C=CC1CC2=CC(=O)CC[C@@H]2C2CC[C@@]3(CC)C(C12)[C@@H]1C[C@@H]1[C@@]31CCCO1. The van der Waals surface area contributed by atoms with Crippen molar-refractivity contribution in [2.45, 2.75) is 70.3 Å². The molecule has 1 spiro atoms. The first-order chi connectivity index (χ1) is 13.1. The van der Waals surface area contributed by atoms with E-state index in [4.69, 9.17) is 4.74 Å². The predicted molar refractivity (Wildman–Crippen MR) is 106 cm³/mol. The Morgan fingerprint density at radius 2 is 2.19 bits per heavy atom. The van der Waals surface area contributed by atoms with Crippen LogP contribution in [0.1, 0.15) is 64.7 Å². The van der Waals surface area contributed by atoms with E-state index in [1.54, 1.807) is 0 Å². The first-order valence-electron chi connectivity index (χ1n) is 11.6. The van der Waals surface area contributed by atoms with Gasteiger partial charge in [0, 0.05) is 18.4 Å². The number of ether oxygens (including phenoxy) is 1. The second kappa shape index (κ2) is 5.59. The van der Waals surface area contributed by atoms with Crippen molar-refractivity contribution in [3.8, 4) is 0 Å². The number of fused-ring (bicyclic) bond motifs is 9. The third kappa shape index (κ3) is 1.94. The number of carbonyl (C=O) groups is 1. The molecule has 4 saturated carbocycles. The summed E-state index contributed by atoms with van der Waals surface area (Å²) in [6.45, 7) is 7.73. The molecule has 0 amide bonds. The van der Waals surface area contributed by atoms with Gasteiger partial charge in [-0.3, -0.25) is 4.79 Å². The summed E-state index contributed by atoms with van der Waals surface area (Å²) in [5.41, 5.74) is 2.11. The number of hydrogen-bond donors (Lipinski definition) is 0. The lowest BCUT2D eigenvalue weighted by Gasteiger charge is -2.60. The molecular formula is C25H34O2. The van der Waals surface area contributed by atoms with Crippen molar-refractivity contribution in [3.63, 3.8) is 0 Å². The third-order valence-electron chi connectivity index (χ3n) is 10.2. The summed E-state index contributed by atoms with van der Waals surface area (Å²) >= 11 is 0. The van der Waals surface area contributed by atoms with E-state index in [0.717, 1.165) is 55.5 Å². The standard InChI is InChI=1S/C25H34O2/c1-3-15-12-16-13-17(26)6-7-18(16)19-8-10-24(4-2)23(22(15)19)20-14-21(20)25(24)9-5-11-27-25/h3,13,15,18-23H,1,4-12,14H2,2H3/t15?,18-,19?,20+,21-,22?,23?,24-,25-/m0/s1. The molecule has 2 nitrogen and oxygen atoms in total.